The second-order valence-electron chi connectivity index (χ2n) is 5.19. The fourth-order valence-electron chi connectivity index (χ4n) is 2.17. The van der Waals surface area contributed by atoms with Crippen molar-refractivity contribution in [2.45, 2.75) is 17.7 Å². The van der Waals surface area contributed by atoms with Gasteiger partial charge in [-0.15, -0.1) is 0 Å². The predicted octanol–water partition coefficient (Wildman–Crippen LogP) is -2.64. The van der Waals surface area contributed by atoms with Gasteiger partial charge in [-0.2, -0.15) is 0 Å². The van der Waals surface area contributed by atoms with Gasteiger partial charge >= 0.3 is 0 Å². The smallest absolute Gasteiger partial charge is 0.122 e. The van der Waals surface area contributed by atoms with Crippen molar-refractivity contribution < 1.29 is 19.7 Å². The number of aliphatic hydroxyl groups is 2. The molecule has 0 rings (SSSR count). The zero-order chi connectivity index (χ0) is 16.8. The van der Waals surface area contributed by atoms with Gasteiger partial charge in [0.15, 0.2) is 0 Å². The van der Waals surface area contributed by atoms with Crippen molar-refractivity contribution in [3.8, 4) is 0 Å². The van der Waals surface area contributed by atoms with Crippen LogP contribution in [0.25, 0.3) is 0 Å². The normalized spacial score (nSPS) is 17.2. The maximum atomic E-state index is 10.9. The molecule has 0 aromatic heterocycles. The van der Waals surface area contributed by atoms with Crippen LogP contribution < -0.4 is 21.3 Å². The second-order valence-corrected chi connectivity index (χ2v) is 5.19. The Hall–Kier alpha value is -0.320. The topological polar surface area (TPSA) is 107 Å². The largest absolute Gasteiger partial charge is 0.393 e. The van der Waals surface area contributed by atoms with E-state index >= 15 is 0 Å². The minimum absolute atomic E-state index is 0.296. The first kappa shape index (κ1) is 21.7. The zero-order valence-corrected chi connectivity index (χ0v) is 14.3. The molecule has 0 aliphatic heterocycles. The molecule has 8 nitrogen and oxygen atoms in total. The minimum atomic E-state index is -1.39. The lowest BCUT2D eigenvalue weighted by atomic mass is 9.87. The zero-order valence-electron chi connectivity index (χ0n) is 14.3. The summed E-state index contributed by atoms with van der Waals surface area (Å²) in [5.41, 5.74) is -1.39. The van der Waals surface area contributed by atoms with Crippen molar-refractivity contribution in [3.63, 3.8) is 0 Å². The van der Waals surface area contributed by atoms with Crippen LogP contribution in [0.15, 0.2) is 0 Å². The summed E-state index contributed by atoms with van der Waals surface area (Å²) in [6.45, 7) is 2.74. The average Bonchev–Trinajstić information content (AvgIpc) is 2.54. The van der Waals surface area contributed by atoms with E-state index in [-0.39, 0.29) is 0 Å². The van der Waals surface area contributed by atoms with Crippen molar-refractivity contribution >= 4 is 0 Å². The molecular formula is C14H34N4O4. The van der Waals surface area contributed by atoms with Gasteiger partial charge in [0, 0.05) is 13.1 Å². The number of nitrogens with one attached hydrogen (secondary N) is 4. The molecule has 134 valence electrons. The predicted molar refractivity (Wildman–Crippen MR) is 87.2 cm³/mol. The molecule has 0 aromatic carbocycles. The molecule has 0 aliphatic rings. The van der Waals surface area contributed by atoms with Gasteiger partial charge in [0.2, 0.25) is 0 Å². The van der Waals surface area contributed by atoms with Crippen LogP contribution in [0.1, 0.15) is 0 Å². The number of hydrogen-bond donors (Lipinski definition) is 6. The summed E-state index contributed by atoms with van der Waals surface area (Å²) < 4.78 is 11.1. The molecule has 0 radical (unpaired) electrons. The van der Waals surface area contributed by atoms with E-state index in [1.165, 1.54) is 0 Å². The van der Waals surface area contributed by atoms with E-state index in [4.69, 9.17) is 9.47 Å². The Morgan fingerprint density at radius 2 is 1.27 bits per heavy atom. The Bertz CT molecular complexity index is 239. The molecule has 0 fully saturated rings. The first-order chi connectivity index (χ1) is 10.6. The summed E-state index contributed by atoms with van der Waals surface area (Å²) in [6, 6.07) is -0.834. The molecule has 0 saturated carbocycles. The fourth-order valence-corrected chi connectivity index (χ4v) is 2.17. The van der Waals surface area contributed by atoms with Crippen LogP contribution in [0.4, 0.5) is 0 Å². The first-order valence-corrected chi connectivity index (χ1v) is 7.73. The highest BCUT2D eigenvalue weighted by Crippen LogP contribution is 2.17. The highest BCUT2D eigenvalue weighted by molar-refractivity contribution is 5.00. The van der Waals surface area contributed by atoms with Crippen molar-refractivity contribution in [1.82, 2.24) is 21.3 Å². The Balaban J connectivity index is 4.60. The molecular weight excluding hydrogens is 288 g/mol. The molecule has 2 unspecified atom stereocenters. The van der Waals surface area contributed by atoms with E-state index < -0.39 is 24.3 Å². The Morgan fingerprint density at radius 1 is 0.864 bits per heavy atom. The minimum Gasteiger partial charge on any atom is -0.393 e. The van der Waals surface area contributed by atoms with Crippen molar-refractivity contribution in [1.29, 1.82) is 0 Å². The van der Waals surface area contributed by atoms with Crippen LogP contribution in [0.2, 0.25) is 0 Å². The fraction of sp³-hybridized carbons (Fsp3) is 1.00. The third kappa shape index (κ3) is 7.30. The third-order valence-electron chi connectivity index (χ3n) is 3.72. The summed E-state index contributed by atoms with van der Waals surface area (Å²) in [6.07, 6.45) is 0. The van der Waals surface area contributed by atoms with E-state index in [1.54, 1.807) is 14.1 Å². The van der Waals surface area contributed by atoms with Crippen LogP contribution in [0.3, 0.4) is 0 Å². The molecule has 8 heteroatoms. The SMILES string of the molecule is CNCCOCC(NC)C(O)(CO)C(COCCNC)NC. The van der Waals surface area contributed by atoms with E-state index in [9.17, 15) is 10.2 Å². The quantitative estimate of drug-likeness (QED) is 0.182. The molecule has 0 saturated heterocycles. The van der Waals surface area contributed by atoms with Gasteiger partial charge in [0.25, 0.3) is 0 Å². The lowest BCUT2D eigenvalue weighted by Gasteiger charge is -2.40. The number of rotatable bonds is 15. The molecule has 0 spiro atoms. The lowest BCUT2D eigenvalue weighted by Crippen LogP contribution is -2.66. The summed E-state index contributed by atoms with van der Waals surface area (Å²) >= 11 is 0. The first-order valence-electron chi connectivity index (χ1n) is 7.73. The summed E-state index contributed by atoms with van der Waals surface area (Å²) in [5.74, 6) is 0. The Kier molecular flexibility index (Phi) is 13.0. The molecule has 0 bridgehead atoms. The van der Waals surface area contributed by atoms with Gasteiger partial charge in [-0.1, -0.05) is 0 Å². The Labute approximate surface area is 133 Å². The molecule has 0 aromatic rings. The second kappa shape index (κ2) is 13.1. The summed E-state index contributed by atoms with van der Waals surface area (Å²) in [7, 11) is 7.17. The van der Waals surface area contributed by atoms with Gasteiger partial charge in [0.05, 0.1) is 45.1 Å². The molecule has 2 atom stereocenters. The molecule has 6 N–H and O–H groups in total. The van der Waals surface area contributed by atoms with Crippen molar-refractivity contribution in [2.24, 2.45) is 0 Å². The van der Waals surface area contributed by atoms with E-state index in [1.807, 2.05) is 14.1 Å². The molecule has 22 heavy (non-hydrogen) atoms. The molecule has 0 heterocycles. The van der Waals surface area contributed by atoms with Gasteiger partial charge in [0.1, 0.15) is 5.60 Å². The number of likely N-dealkylation sites (N-methyl/N-ethyl adjacent to an activating group) is 4. The maximum Gasteiger partial charge on any atom is 0.122 e. The van der Waals surface area contributed by atoms with Crippen LogP contribution in [0.5, 0.6) is 0 Å². The van der Waals surface area contributed by atoms with Gasteiger partial charge in [-0.3, -0.25) is 0 Å². The highest BCUT2D eigenvalue weighted by atomic mass is 16.5. The number of hydrogen-bond acceptors (Lipinski definition) is 8. The van der Waals surface area contributed by atoms with E-state index in [2.05, 4.69) is 21.3 Å². The Morgan fingerprint density at radius 3 is 1.55 bits per heavy atom. The number of aliphatic hydroxyl groups excluding tert-OH is 1. The monoisotopic (exact) mass is 322 g/mol. The standard InChI is InChI=1S/C14H34N4O4/c1-15-5-7-21-9-12(17-3)14(20,11-19)13(18-4)10-22-8-6-16-2/h12-13,15-20H,5-11H2,1-4H3. The lowest BCUT2D eigenvalue weighted by molar-refractivity contribution is -0.102. The average molecular weight is 322 g/mol. The summed E-state index contributed by atoms with van der Waals surface area (Å²) in [5, 5.41) is 32.6. The van der Waals surface area contributed by atoms with E-state index in [0.717, 1.165) is 13.1 Å². The van der Waals surface area contributed by atoms with Gasteiger partial charge in [-0.05, 0) is 28.2 Å². The molecule has 0 amide bonds. The summed E-state index contributed by atoms with van der Waals surface area (Å²) in [4.78, 5) is 0. The van der Waals surface area contributed by atoms with Gasteiger partial charge in [-0.25, -0.2) is 0 Å². The van der Waals surface area contributed by atoms with Gasteiger partial charge < -0.3 is 41.0 Å². The van der Waals surface area contributed by atoms with Crippen LogP contribution in [-0.2, 0) is 9.47 Å². The maximum absolute atomic E-state index is 10.9. The van der Waals surface area contributed by atoms with E-state index in [0.29, 0.717) is 26.4 Å². The van der Waals surface area contributed by atoms with Crippen LogP contribution >= 0.6 is 0 Å². The van der Waals surface area contributed by atoms with Crippen molar-refractivity contribution in [3.05, 3.63) is 0 Å². The third-order valence-corrected chi connectivity index (χ3v) is 3.72. The van der Waals surface area contributed by atoms with Crippen molar-refractivity contribution in [2.75, 3.05) is 74.3 Å². The number of ether oxygens (including phenoxy) is 2. The molecule has 0 aliphatic carbocycles. The highest BCUT2D eigenvalue weighted by Gasteiger charge is 2.42. The van der Waals surface area contributed by atoms with Crippen LogP contribution in [0, 0.1) is 0 Å². The van der Waals surface area contributed by atoms with Crippen LogP contribution in [-0.4, -0.2) is 102 Å².